The molecule has 0 unspecified atom stereocenters. The van der Waals surface area contributed by atoms with Crippen LogP contribution < -0.4 is 0 Å². The second-order valence-electron chi connectivity index (χ2n) is 3.50. The predicted octanol–water partition coefficient (Wildman–Crippen LogP) is 3.76. The molecule has 0 aromatic heterocycles. The lowest BCUT2D eigenvalue weighted by molar-refractivity contribution is 0.944. The van der Waals surface area contributed by atoms with Gasteiger partial charge in [0.2, 0.25) is 0 Å². The standard InChI is InChI=1S/C14H14/c1-3-11-9-10-12-7-5-6-8-14(12)13(11)4-2/h3-8H,1-2,9-10H2. The van der Waals surface area contributed by atoms with E-state index in [0.717, 1.165) is 12.8 Å². The van der Waals surface area contributed by atoms with E-state index in [2.05, 4.69) is 37.4 Å². The molecule has 0 heterocycles. The van der Waals surface area contributed by atoms with Crippen molar-refractivity contribution in [3.05, 3.63) is 66.3 Å². The minimum atomic E-state index is 1.09. The van der Waals surface area contributed by atoms with Gasteiger partial charge in [0.05, 0.1) is 0 Å². The summed E-state index contributed by atoms with van der Waals surface area (Å²) in [5, 5.41) is 0. The molecule has 0 aliphatic heterocycles. The first-order valence-electron chi connectivity index (χ1n) is 4.93. The van der Waals surface area contributed by atoms with Gasteiger partial charge in [0, 0.05) is 0 Å². The Bertz CT molecular complexity index is 408. The van der Waals surface area contributed by atoms with Crippen molar-refractivity contribution in [2.75, 3.05) is 0 Å². The van der Waals surface area contributed by atoms with Crippen LogP contribution in [0.25, 0.3) is 5.57 Å². The molecule has 1 aromatic rings. The van der Waals surface area contributed by atoms with Crippen LogP contribution in [0.4, 0.5) is 0 Å². The highest BCUT2D eigenvalue weighted by atomic mass is 14.2. The van der Waals surface area contributed by atoms with Gasteiger partial charge < -0.3 is 0 Å². The van der Waals surface area contributed by atoms with Crippen LogP contribution in [0.3, 0.4) is 0 Å². The van der Waals surface area contributed by atoms with Crippen molar-refractivity contribution in [1.82, 2.24) is 0 Å². The lowest BCUT2D eigenvalue weighted by Gasteiger charge is -2.19. The Hall–Kier alpha value is -1.56. The Balaban J connectivity index is 2.63. The first-order chi connectivity index (χ1) is 6.86. The van der Waals surface area contributed by atoms with Gasteiger partial charge >= 0.3 is 0 Å². The molecule has 0 radical (unpaired) electrons. The van der Waals surface area contributed by atoms with Gasteiger partial charge in [0.25, 0.3) is 0 Å². The van der Waals surface area contributed by atoms with E-state index in [1.165, 1.54) is 22.3 Å². The topological polar surface area (TPSA) is 0 Å². The Morgan fingerprint density at radius 2 is 1.79 bits per heavy atom. The molecule has 1 aromatic carbocycles. The lowest BCUT2D eigenvalue weighted by Crippen LogP contribution is -2.02. The monoisotopic (exact) mass is 182 g/mol. The largest absolute Gasteiger partial charge is 0.0988 e. The van der Waals surface area contributed by atoms with Crippen molar-refractivity contribution in [2.24, 2.45) is 0 Å². The molecule has 0 fully saturated rings. The van der Waals surface area contributed by atoms with Gasteiger partial charge in [-0.2, -0.15) is 0 Å². The fourth-order valence-corrected chi connectivity index (χ4v) is 2.03. The van der Waals surface area contributed by atoms with Crippen LogP contribution in [0.15, 0.2) is 55.1 Å². The van der Waals surface area contributed by atoms with E-state index in [0.29, 0.717) is 0 Å². The van der Waals surface area contributed by atoms with Gasteiger partial charge in [-0.25, -0.2) is 0 Å². The van der Waals surface area contributed by atoms with Crippen molar-refractivity contribution < 1.29 is 0 Å². The van der Waals surface area contributed by atoms with Crippen molar-refractivity contribution in [1.29, 1.82) is 0 Å². The van der Waals surface area contributed by atoms with Crippen LogP contribution >= 0.6 is 0 Å². The summed E-state index contributed by atoms with van der Waals surface area (Å²) in [4.78, 5) is 0. The summed E-state index contributed by atoms with van der Waals surface area (Å²) in [6.07, 6.45) is 6.10. The summed E-state index contributed by atoms with van der Waals surface area (Å²) in [6.45, 7) is 7.73. The first kappa shape index (κ1) is 9.01. The summed E-state index contributed by atoms with van der Waals surface area (Å²) in [6, 6.07) is 8.53. The minimum Gasteiger partial charge on any atom is -0.0988 e. The van der Waals surface area contributed by atoms with Crippen LogP contribution in [-0.2, 0) is 6.42 Å². The Labute approximate surface area is 85.3 Å². The highest BCUT2D eigenvalue weighted by molar-refractivity contribution is 5.81. The zero-order valence-corrected chi connectivity index (χ0v) is 8.29. The zero-order chi connectivity index (χ0) is 9.97. The second-order valence-corrected chi connectivity index (χ2v) is 3.50. The summed E-state index contributed by atoms with van der Waals surface area (Å²) in [7, 11) is 0. The Kier molecular flexibility index (Phi) is 2.36. The molecular formula is C14H14. The number of aryl methyl sites for hydroxylation is 1. The molecule has 0 saturated heterocycles. The molecular weight excluding hydrogens is 168 g/mol. The molecule has 0 nitrogen and oxygen atoms in total. The molecule has 0 spiro atoms. The molecule has 0 saturated carbocycles. The van der Waals surface area contributed by atoms with Gasteiger partial charge in [0.1, 0.15) is 0 Å². The summed E-state index contributed by atoms with van der Waals surface area (Å²) in [5.41, 5.74) is 5.32. The van der Waals surface area contributed by atoms with E-state index in [4.69, 9.17) is 0 Å². The third kappa shape index (κ3) is 1.33. The van der Waals surface area contributed by atoms with Crippen LogP contribution in [0.2, 0.25) is 0 Å². The minimum absolute atomic E-state index is 1.09. The van der Waals surface area contributed by atoms with Gasteiger partial charge in [-0.15, -0.1) is 0 Å². The highest BCUT2D eigenvalue weighted by Crippen LogP contribution is 2.32. The quantitative estimate of drug-likeness (QED) is 0.653. The van der Waals surface area contributed by atoms with E-state index in [1.807, 2.05) is 12.2 Å². The molecule has 0 atom stereocenters. The predicted molar refractivity (Wildman–Crippen MR) is 62.1 cm³/mol. The van der Waals surface area contributed by atoms with Gasteiger partial charge in [-0.3, -0.25) is 0 Å². The van der Waals surface area contributed by atoms with E-state index >= 15 is 0 Å². The number of benzene rings is 1. The number of allylic oxidation sites excluding steroid dienone is 4. The number of hydrogen-bond donors (Lipinski definition) is 0. The summed E-state index contributed by atoms with van der Waals surface area (Å²) in [5.74, 6) is 0. The SMILES string of the molecule is C=CC1=C(C=C)c2ccccc2CC1. The lowest BCUT2D eigenvalue weighted by atomic mass is 9.86. The molecule has 0 heteroatoms. The molecule has 0 amide bonds. The third-order valence-electron chi connectivity index (χ3n) is 2.77. The maximum Gasteiger partial charge on any atom is -0.0149 e. The van der Waals surface area contributed by atoms with E-state index in [1.54, 1.807) is 0 Å². The number of hydrogen-bond acceptors (Lipinski definition) is 0. The Morgan fingerprint density at radius 3 is 2.50 bits per heavy atom. The van der Waals surface area contributed by atoms with Crippen molar-refractivity contribution >= 4 is 5.57 Å². The molecule has 70 valence electrons. The molecule has 1 aliphatic rings. The smallest absolute Gasteiger partial charge is 0.0149 e. The van der Waals surface area contributed by atoms with Gasteiger partial charge in [-0.05, 0) is 35.1 Å². The van der Waals surface area contributed by atoms with Gasteiger partial charge in [-0.1, -0.05) is 49.6 Å². The third-order valence-corrected chi connectivity index (χ3v) is 2.77. The fourth-order valence-electron chi connectivity index (χ4n) is 2.03. The normalized spacial score (nSPS) is 14.9. The van der Waals surface area contributed by atoms with Crippen molar-refractivity contribution in [2.45, 2.75) is 12.8 Å². The second kappa shape index (κ2) is 3.67. The zero-order valence-electron chi connectivity index (χ0n) is 8.29. The first-order valence-corrected chi connectivity index (χ1v) is 4.93. The average Bonchev–Trinajstić information content (AvgIpc) is 2.27. The van der Waals surface area contributed by atoms with E-state index in [-0.39, 0.29) is 0 Å². The maximum atomic E-state index is 3.88. The molecule has 0 bridgehead atoms. The molecule has 2 rings (SSSR count). The van der Waals surface area contributed by atoms with Crippen LogP contribution in [0.5, 0.6) is 0 Å². The highest BCUT2D eigenvalue weighted by Gasteiger charge is 2.13. The van der Waals surface area contributed by atoms with E-state index < -0.39 is 0 Å². The van der Waals surface area contributed by atoms with Gasteiger partial charge in [0.15, 0.2) is 0 Å². The van der Waals surface area contributed by atoms with Crippen molar-refractivity contribution in [3.8, 4) is 0 Å². The summed E-state index contributed by atoms with van der Waals surface area (Å²) >= 11 is 0. The Morgan fingerprint density at radius 1 is 1.00 bits per heavy atom. The fraction of sp³-hybridized carbons (Fsp3) is 0.143. The number of rotatable bonds is 2. The van der Waals surface area contributed by atoms with Crippen molar-refractivity contribution in [3.63, 3.8) is 0 Å². The van der Waals surface area contributed by atoms with E-state index in [9.17, 15) is 0 Å². The molecule has 1 aliphatic carbocycles. The molecule has 0 N–H and O–H groups in total. The van der Waals surface area contributed by atoms with Crippen LogP contribution in [0.1, 0.15) is 17.5 Å². The maximum absolute atomic E-state index is 3.88. The molecule has 14 heavy (non-hydrogen) atoms. The summed E-state index contributed by atoms with van der Waals surface area (Å²) < 4.78 is 0. The van der Waals surface area contributed by atoms with Crippen LogP contribution in [-0.4, -0.2) is 0 Å². The average molecular weight is 182 g/mol. The van der Waals surface area contributed by atoms with Crippen LogP contribution in [0, 0.1) is 0 Å². The number of fused-ring (bicyclic) bond motifs is 1.